The molecule has 8 heteroatoms. The smallest absolute Gasteiger partial charge is 0.289 e. The number of rotatable bonds is 5. The summed E-state index contributed by atoms with van der Waals surface area (Å²) in [5.41, 5.74) is 1.44. The third kappa shape index (κ3) is 3.84. The zero-order chi connectivity index (χ0) is 18.0. The van der Waals surface area contributed by atoms with Crippen LogP contribution in [0.3, 0.4) is 0 Å². The molecule has 0 aliphatic carbocycles. The maximum Gasteiger partial charge on any atom is 0.289 e. The fourth-order valence-electron chi connectivity index (χ4n) is 2.91. The van der Waals surface area contributed by atoms with E-state index in [1.54, 1.807) is 29.2 Å². The van der Waals surface area contributed by atoms with E-state index in [4.69, 9.17) is 0 Å². The van der Waals surface area contributed by atoms with Gasteiger partial charge in [-0.1, -0.05) is 23.9 Å². The number of likely N-dealkylation sites (tertiary alicyclic amines) is 1. The average Bonchev–Trinajstić information content (AvgIpc) is 3.13. The van der Waals surface area contributed by atoms with Crippen LogP contribution < -0.4 is 5.32 Å². The van der Waals surface area contributed by atoms with Crippen molar-refractivity contribution in [2.75, 3.05) is 24.2 Å². The summed E-state index contributed by atoms with van der Waals surface area (Å²) in [5, 5.41) is 2.59. The highest BCUT2D eigenvalue weighted by molar-refractivity contribution is 8.14. The van der Waals surface area contributed by atoms with Crippen LogP contribution in [0.2, 0.25) is 0 Å². The molecule has 2 fully saturated rings. The Balaban J connectivity index is 1.57. The van der Waals surface area contributed by atoms with Gasteiger partial charge in [0, 0.05) is 25.2 Å². The van der Waals surface area contributed by atoms with E-state index < -0.39 is 0 Å². The van der Waals surface area contributed by atoms with Crippen molar-refractivity contribution >= 4 is 40.4 Å². The lowest BCUT2D eigenvalue weighted by Crippen LogP contribution is -2.28. The maximum absolute atomic E-state index is 12.3. The van der Waals surface area contributed by atoms with Crippen LogP contribution >= 0.6 is 11.8 Å². The van der Waals surface area contributed by atoms with Gasteiger partial charge in [-0.3, -0.25) is 24.1 Å². The normalized spacial score (nSPS) is 20.5. The molecule has 0 radical (unpaired) electrons. The summed E-state index contributed by atoms with van der Waals surface area (Å²) in [5.74, 6) is -0.473. The van der Waals surface area contributed by atoms with E-state index in [0.717, 1.165) is 17.3 Å². The highest BCUT2D eigenvalue weighted by Gasteiger charge is 2.33. The molecule has 0 aromatic heterocycles. The molecular weight excluding hydrogens is 342 g/mol. The van der Waals surface area contributed by atoms with Gasteiger partial charge >= 0.3 is 0 Å². The Labute approximate surface area is 149 Å². The zero-order valence-electron chi connectivity index (χ0n) is 13.9. The van der Waals surface area contributed by atoms with Crippen molar-refractivity contribution in [2.24, 2.45) is 5.92 Å². The lowest BCUT2D eigenvalue weighted by atomic mass is 10.1. The number of thioether (sulfide) groups is 1. The molecule has 1 atom stereocenters. The van der Waals surface area contributed by atoms with E-state index in [0.29, 0.717) is 18.8 Å². The predicted molar refractivity (Wildman–Crippen MR) is 93.8 cm³/mol. The predicted octanol–water partition coefficient (Wildman–Crippen LogP) is 1.69. The molecular formula is C17H19N3O4S. The van der Waals surface area contributed by atoms with Crippen molar-refractivity contribution in [2.45, 2.75) is 19.9 Å². The second kappa shape index (κ2) is 7.26. The summed E-state index contributed by atoms with van der Waals surface area (Å²) < 4.78 is 0. The number of amides is 4. The molecule has 0 spiro atoms. The van der Waals surface area contributed by atoms with Gasteiger partial charge in [0.15, 0.2) is 0 Å². The molecule has 0 unspecified atom stereocenters. The van der Waals surface area contributed by atoms with Gasteiger partial charge in [-0.25, -0.2) is 0 Å². The molecule has 2 aliphatic heterocycles. The lowest BCUT2D eigenvalue weighted by molar-refractivity contribution is -0.128. The first-order valence-corrected chi connectivity index (χ1v) is 9.11. The van der Waals surface area contributed by atoms with Crippen LogP contribution in [0, 0.1) is 5.92 Å². The van der Waals surface area contributed by atoms with Gasteiger partial charge in [0.05, 0.1) is 18.2 Å². The van der Waals surface area contributed by atoms with Gasteiger partial charge in [0.1, 0.15) is 0 Å². The molecule has 1 aromatic rings. The SMILES string of the molecule is CCN1C[C@H](C(=O)Nc2ccc(CN3C(=O)CSC3=O)cc2)CC1=O. The molecule has 3 rings (SSSR count). The van der Waals surface area contributed by atoms with Crippen molar-refractivity contribution < 1.29 is 19.2 Å². The average molecular weight is 361 g/mol. The molecule has 25 heavy (non-hydrogen) atoms. The highest BCUT2D eigenvalue weighted by Crippen LogP contribution is 2.23. The first-order valence-electron chi connectivity index (χ1n) is 8.12. The fraction of sp³-hybridized carbons (Fsp3) is 0.412. The molecule has 7 nitrogen and oxygen atoms in total. The van der Waals surface area contributed by atoms with Crippen molar-refractivity contribution in [1.29, 1.82) is 0 Å². The second-order valence-corrected chi connectivity index (χ2v) is 6.98. The molecule has 1 N–H and O–H groups in total. The molecule has 4 amide bonds. The molecule has 0 saturated carbocycles. The highest BCUT2D eigenvalue weighted by atomic mass is 32.2. The topological polar surface area (TPSA) is 86.8 Å². The standard InChI is InChI=1S/C17H19N3O4S/c1-2-19-9-12(7-14(19)21)16(23)18-13-5-3-11(4-6-13)8-20-15(22)10-25-17(20)24/h3-6,12H,2,7-10H2,1H3,(H,18,23)/t12-/m1/s1. The zero-order valence-corrected chi connectivity index (χ0v) is 14.7. The van der Waals surface area contributed by atoms with Crippen LogP contribution in [0.4, 0.5) is 10.5 Å². The summed E-state index contributed by atoms with van der Waals surface area (Å²) in [7, 11) is 0. The Hall–Kier alpha value is -2.35. The summed E-state index contributed by atoms with van der Waals surface area (Å²) in [6, 6.07) is 7.02. The minimum absolute atomic E-state index is 0.0100. The Kier molecular flexibility index (Phi) is 5.08. The number of nitrogens with one attached hydrogen (secondary N) is 1. The number of carbonyl (C=O) groups is 4. The van der Waals surface area contributed by atoms with Crippen molar-refractivity contribution in [3.63, 3.8) is 0 Å². The largest absolute Gasteiger partial charge is 0.342 e. The Bertz CT molecular complexity index is 703. The van der Waals surface area contributed by atoms with Gasteiger partial charge < -0.3 is 10.2 Å². The number of hydrogen-bond acceptors (Lipinski definition) is 5. The van der Waals surface area contributed by atoms with E-state index in [1.165, 1.54) is 4.90 Å². The summed E-state index contributed by atoms with van der Waals surface area (Å²) in [6.07, 6.45) is 0.245. The van der Waals surface area contributed by atoms with Gasteiger partial charge in [-0.2, -0.15) is 0 Å². The Morgan fingerprint density at radius 2 is 1.92 bits per heavy atom. The monoisotopic (exact) mass is 361 g/mol. The lowest BCUT2D eigenvalue weighted by Gasteiger charge is -2.15. The summed E-state index contributed by atoms with van der Waals surface area (Å²) in [6.45, 7) is 3.20. The fourth-order valence-corrected chi connectivity index (χ4v) is 3.63. The van der Waals surface area contributed by atoms with Gasteiger partial charge in [0.2, 0.25) is 17.7 Å². The van der Waals surface area contributed by atoms with E-state index in [1.807, 2.05) is 6.92 Å². The van der Waals surface area contributed by atoms with Crippen molar-refractivity contribution in [3.8, 4) is 0 Å². The van der Waals surface area contributed by atoms with Crippen molar-refractivity contribution in [3.05, 3.63) is 29.8 Å². The molecule has 0 bridgehead atoms. The molecule has 2 aliphatic rings. The number of nitrogens with zero attached hydrogens (tertiary/aromatic N) is 2. The van der Waals surface area contributed by atoms with Crippen LogP contribution in [-0.4, -0.2) is 51.6 Å². The minimum Gasteiger partial charge on any atom is -0.342 e. The van der Waals surface area contributed by atoms with Crippen LogP contribution in [0.15, 0.2) is 24.3 Å². The van der Waals surface area contributed by atoms with Crippen LogP contribution in [-0.2, 0) is 20.9 Å². The number of benzene rings is 1. The van der Waals surface area contributed by atoms with Gasteiger partial charge in [-0.15, -0.1) is 0 Å². The summed E-state index contributed by atoms with van der Waals surface area (Å²) >= 11 is 1.01. The number of anilines is 1. The summed E-state index contributed by atoms with van der Waals surface area (Å²) in [4.78, 5) is 50.1. The van der Waals surface area contributed by atoms with Crippen molar-refractivity contribution in [1.82, 2.24) is 9.80 Å². The third-order valence-corrected chi connectivity index (χ3v) is 5.23. The molecule has 1 aromatic carbocycles. The van der Waals surface area contributed by atoms with E-state index in [-0.39, 0.29) is 47.6 Å². The van der Waals surface area contributed by atoms with Crippen LogP contribution in [0.25, 0.3) is 0 Å². The molecule has 2 heterocycles. The number of imide groups is 1. The molecule has 132 valence electrons. The first-order chi connectivity index (χ1) is 12.0. The quantitative estimate of drug-likeness (QED) is 0.862. The Morgan fingerprint density at radius 3 is 2.48 bits per heavy atom. The van der Waals surface area contributed by atoms with E-state index >= 15 is 0 Å². The van der Waals surface area contributed by atoms with Crippen LogP contribution in [0.1, 0.15) is 18.9 Å². The third-order valence-electron chi connectivity index (χ3n) is 4.37. The van der Waals surface area contributed by atoms with E-state index in [2.05, 4.69) is 5.32 Å². The molecule has 2 saturated heterocycles. The van der Waals surface area contributed by atoms with Crippen LogP contribution in [0.5, 0.6) is 0 Å². The van der Waals surface area contributed by atoms with E-state index in [9.17, 15) is 19.2 Å². The maximum atomic E-state index is 12.3. The van der Waals surface area contributed by atoms with Gasteiger partial charge in [-0.05, 0) is 24.6 Å². The van der Waals surface area contributed by atoms with Gasteiger partial charge in [0.25, 0.3) is 5.24 Å². The Morgan fingerprint density at radius 1 is 1.20 bits per heavy atom. The minimum atomic E-state index is -0.330. The first kappa shape index (κ1) is 17.5. The number of hydrogen-bond donors (Lipinski definition) is 1. The second-order valence-electron chi connectivity index (χ2n) is 6.05. The number of carbonyl (C=O) groups excluding carboxylic acids is 4.